The van der Waals surface area contributed by atoms with Crippen molar-refractivity contribution in [2.45, 2.75) is 65.3 Å². The Labute approximate surface area is 112 Å². The molecule has 0 aliphatic heterocycles. The van der Waals surface area contributed by atoms with Crippen molar-refractivity contribution in [3.63, 3.8) is 0 Å². The summed E-state index contributed by atoms with van der Waals surface area (Å²) in [5.74, 6) is 0. The highest BCUT2D eigenvalue weighted by molar-refractivity contribution is 4.68. The molecule has 1 unspecified atom stereocenters. The standard InChI is InChI=1S/C14H30O4/c1-12(2)16-10-11-18-14(4,5)7-9-17-13(3)6-8-15/h12-13,15H,6-11H2,1-5H3. The molecule has 0 heterocycles. The molecule has 0 saturated carbocycles. The zero-order chi connectivity index (χ0) is 14.0. The van der Waals surface area contributed by atoms with E-state index in [4.69, 9.17) is 19.3 Å². The van der Waals surface area contributed by atoms with Crippen molar-refractivity contribution in [1.82, 2.24) is 0 Å². The molecule has 0 radical (unpaired) electrons. The third-order valence-electron chi connectivity index (χ3n) is 2.67. The average molecular weight is 262 g/mol. The lowest BCUT2D eigenvalue weighted by atomic mass is 10.1. The lowest BCUT2D eigenvalue weighted by Gasteiger charge is -2.26. The van der Waals surface area contributed by atoms with Gasteiger partial charge in [0.05, 0.1) is 31.0 Å². The molecule has 110 valence electrons. The molecule has 0 aliphatic rings. The van der Waals surface area contributed by atoms with Crippen LogP contribution < -0.4 is 0 Å². The van der Waals surface area contributed by atoms with E-state index in [9.17, 15) is 0 Å². The summed E-state index contributed by atoms with van der Waals surface area (Å²) in [6.07, 6.45) is 1.88. The molecule has 0 aromatic rings. The van der Waals surface area contributed by atoms with E-state index in [0.29, 0.717) is 26.2 Å². The summed E-state index contributed by atoms with van der Waals surface area (Å²) in [6, 6.07) is 0. The Bertz CT molecular complexity index is 192. The molecule has 0 spiro atoms. The zero-order valence-electron chi connectivity index (χ0n) is 12.6. The Hall–Kier alpha value is -0.160. The largest absolute Gasteiger partial charge is 0.396 e. The van der Waals surface area contributed by atoms with E-state index in [1.54, 1.807) is 0 Å². The SMILES string of the molecule is CC(C)OCCOC(C)(C)CCOC(C)CCO. The molecular formula is C14H30O4. The quantitative estimate of drug-likeness (QED) is 0.581. The van der Waals surface area contributed by atoms with Gasteiger partial charge in [-0.25, -0.2) is 0 Å². The number of hydrogen-bond acceptors (Lipinski definition) is 4. The topological polar surface area (TPSA) is 47.9 Å². The van der Waals surface area contributed by atoms with Gasteiger partial charge in [0.2, 0.25) is 0 Å². The molecule has 0 fully saturated rings. The van der Waals surface area contributed by atoms with Gasteiger partial charge >= 0.3 is 0 Å². The van der Waals surface area contributed by atoms with Crippen molar-refractivity contribution in [2.24, 2.45) is 0 Å². The lowest BCUT2D eigenvalue weighted by molar-refractivity contribution is -0.0745. The molecule has 0 aliphatic carbocycles. The van der Waals surface area contributed by atoms with Crippen molar-refractivity contribution in [3.05, 3.63) is 0 Å². The van der Waals surface area contributed by atoms with Crippen LogP contribution in [0.5, 0.6) is 0 Å². The first kappa shape index (κ1) is 17.8. The second-order valence-electron chi connectivity index (χ2n) is 5.47. The molecule has 18 heavy (non-hydrogen) atoms. The van der Waals surface area contributed by atoms with Gasteiger partial charge in [-0.15, -0.1) is 0 Å². The van der Waals surface area contributed by atoms with E-state index in [1.807, 2.05) is 20.8 Å². The van der Waals surface area contributed by atoms with E-state index < -0.39 is 0 Å². The van der Waals surface area contributed by atoms with Crippen LogP contribution in [0.25, 0.3) is 0 Å². The third kappa shape index (κ3) is 11.0. The Morgan fingerprint density at radius 1 is 1.00 bits per heavy atom. The minimum atomic E-state index is -0.195. The van der Waals surface area contributed by atoms with Crippen LogP contribution in [-0.4, -0.2) is 49.3 Å². The molecule has 4 nitrogen and oxygen atoms in total. The number of rotatable bonds is 11. The average Bonchev–Trinajstić information content (AvgIpc) is 2.24. The van der Waals surface area contributed by atoms with Crippen LogP contribution in [0.2, 0.25) is 0 Å². The minimum absolute atomic E-state index is 0.107. The molecule has 0 amide bonds. The Morgan fingerprint density at radius 3 is 2.22 bits per heavy atom. The lowest BCUT2D eigenvalue weighted by Crippen LogP contribution is -2.29. The number of ether oxygens (including phenoxy) is 3. The van der Waals surface area contributed by atoms with Gasteiger partial charge in [-0.05, 0) is 47.5 Å². The second-order valence-corrected chi connectivity index (χ2v) is 5.47. The zero-order valence-corrected chi connectivity index (χ0v) is 12.6. The van der Waals surface area contributed by atoms with Crippen LogP contribution in [0, 0.1) is 0 Å². The molecule has 1 N–H and O–H groups in total. The van der Waals surface area contributed by atoms with E-state index in [0.717, 1.165) is 6.42 Å². The van der Waals surface area contributed by atoms with Crippen LogP contribution in [0.3, 0.4) is 0 Å². The Balaban J connectivity index is 3.60. The molecule has 0 saturated heterocycles. The van der Waals surface area contributed by atoms with Crippen LogP contribution in [0.4, 0.5) is 0 Å². The maximum absolute atomic E-state index is 8.77. The summed E-state index contributed by atoms with van der Waals surface area (Å²) in [5, 5.41) is 8.77. The van der Waals surface area contributed by atoms with Crippen molar-refractivity contribution in [3.8, 4) is 0 Å². The third-order valence-corrected chi connectivity index (χ3v) is 2.67. The van der Waals surface area contributed by atoms with Crippen LogP contribution in [0.1, 0.15) is 47.5 Å². The van der Waals surface area contributed by atoms with Crippen molar-refractivity contribution >= 4 is 0 Å². The maximum atomic E-state index is 8.77. The number of aliphatic hydroxyl groups is 1. The van der Waals surface area contributed by atoms with Gasteiger partial charge in [0.1, 0.15) is 0 Å². The Kier molecular flexibility index (Phi) is 9.64. The van der Waals surface area contributed by atoms with Crippen LogP contribution >= 0.6 is 0 Å². The van der Waals surface area contributed by atoms with E-state index in [1.165, 1.54) is 0 Å². The van der Waals surface area contributed by atoms with Gasteiger partial charge < -0.3 is 19.3 Å². The first-order valence-corrected chi connectivity index (χ1v) is 6.85. The maximum Gasteiger partial charge on any atom is 0.0707 e. The summed E-state index contributed by atoms with van der Waals surface area (Å²) in [7, 11) is 0. The van der Waals surface area contributed by atoms with Gasteiger partial charge in [-0.2, -0.15) is 0 Å². The summed E-state index contributed by atoms with van der Waals surface area (Å²) >= 11 is 0. The predicted molar refractivity (Wildman–Crippen MR) is 72.9 cm³/mol. The van der Waals surface area contributed by atoms with Gasteiger partial charge in [0, 0.05) is 13.2 Å². The highest BCUT2D eigenvalue weighted by atomic mass is 16.5. The summed E-state index contributed by atoms with van der Waals surface area (Å²) in [4.78, 5) is 0. The molecule has 1 atom stereocenters. The molecule has 0 aromatic heterocycles. The predicted octanol–water partition coefficient (Wildman–Crippen LogP) is 2.38. The fraction of sp³-hybridized carbons (Fsp3) is 1.00. The normalized spacial score (nSPS) is 14.2. The van der Waals surface area contributed by atoms with E-state index in [2.05, 4.69) is 13.8 Å². The summed E-state index contributed by atoms with van der Waals surface area (Å²) in [6.45, 7) is 12.2. The first-order valence-electron chi connectivity index (χ1n) is 6.85. The molecule has 4 heteroatoms. The molecule has 0 aromatic carbocycles. The number of aliphatic hydroxyl groups excluding tert-OH is 1. The fourth-order valence-electron chi connectivity index (χ4n) is 1.44. The van der Waals surface area contributed by atoms with Crippen molar-refractivity contribution < 1.29 is 19.3 Å². The van der Waals surface area contributed by atoms with Crippen molar-refractivity contribution in [2.75, 3.05) is 26.4 Å². The monoisotopic (exact) mass is 262 g/mol. The molecule has 0 rings (SSSR count). The summed E-state index contributed by atoms with van der Waals surface area (Å²) < 4.78 is 16.8. The number of hydrogen-bond donors (Lipinski definition) is 1. The molecular weight excluding hydrogens is 232 g/mol. The van der Waals surface area contributed by atoms with Gasteiger partial charge in [-0.3, -0.25) is 0 Å². The van der Waals surface area contributed by atoms with E-state index in [-0.39, 0.29) is 24.4 Å². The molecule has 0 bridgehead atoms. The minimum Gasteiger partial charge on any atom is -0.396 e. The highest BCUT2D eigenvalue weighted by Crippen LogP contribution is 2.15. The fourth-order valence-corrected chi connectivity index (χ4v) is 1.44. The Morgan fingerprint density at radius 2 is 1.67 bits per heavy atom. The highest BCUT2D eigenvalue weighted by Gasteiger charge is 2.18. The van der Waals surface area contributed by atoms with Crippen molar-refractivity contribution in [1.29, 1.82) is 0 Å². The van der Waals surface area contributed by atoms with Gasteiger partial charge in [0.15, 0.2) is 0 Å². The second kappa shape index (κ2) is 9.73. The van der Waals surface area contributed by atoms with Gasteiger partial charge in [0.25, 0.3) is 0 Å². The van der Waals surface area contributed by atoms with Gasteiger partial charge in [-0.1, -0.05) is 0 Å². The summed E-state index contributed by atoms with van der Waals surface area (Å²) in [5.41, 5.74) is -0.195. The van der Waals surface area contributed by atoms with Crippen LogP contribution in [0.15, 0.2) is 0 Å². The van der Waals surface area contributed by atoms with Crippen LogP contribution in [-0.2, 0) is 14.2 Å². The smallest absolute Gasteiger partial charge is 0.0707 e. The first-order chi connectivity index (χ1) is 8.37. The van der Waals surface area contributed by atoms with E-state index >= 15 is 0 Å².